The summed E-state index contributed by atoms with van der Waals surface area (Å²) in [5.41, 5.74) is 0.373. The van der Waals surface area contributed by atoms with Crippen LogP contribution in [0.4, 0.5) is 5.82 Å². The van der Waals surface area contributed by atoms with Crippen LogP contribution in [0.2, 0.25) is 0 Å². The zero-order valence-corrected chi connectivity index (χ0v) is 9.99. The molecule has 1 N–H and O–H groups in total. The van der Waals surface area contributed by atoms with Crippen LogP contribution in [0.25, 0.3) is 0 Å². The summed E-state index contributed by atoms with van der Waals surface area (Å²) in [6, 6.07) is 0. The number of hydrogen-bond donors (Lipinski definition) is 1. The number of hydrogen-bond acceptors (Lipinski definition) is 5. The third-order valence-electron chi connectivity index (χ3n) is 2.12. The van der Waals surface area contributed by atoms with Crippen LogP contribution in [0.1, 0.15) is 37.2 Å². The van der Waals surface area contributed by atoms with Gasteiger partial charge in [0.15, 0.2) is 11.5 Å². The monoisotopic (exact) mass is 226 g/mol. The van der Waals surface area contributed by atoms with Crippen molar-refractivity contribution in [3.8, 4) is 0 Å². The first-order valence-corrected chi connectivity index (χ1v) is 5.51. The normalized spacial score (nSPS) is 10.2. The van der Waals surface area contributed by atoms with E-state index >= 15 is 0 Å². The molecule has 0 saturated heterocycles. The lowest BCUT2D eigenvalue weighted by Crippen LogP contribution is -2.13. The van der Waals surface area contributed by atoms with Gasteiger partial charge in [-0.25, -0.2) is 9.48 Å². The van der Waals surface area contributed by atoms with E-state index in [0.717, 1.165) is 19.4 Å². The van der Waals surface area contributed by atoms with Gasteiger partial charge >= 0.3 is 5.97 Å². The van der Waals surface area contributed by atoms with Crippen LogP contribution < -0.4 is 5.32 Å². The molecule has 1 aromatic heterocycles. The van der Waals surface area contributed by atoms with Crippen molar-refractivity contribution in [1.82, 2.24) is 15.0 Å². The molecule has 0 aliphatic carbocycles. The summed E-state index contributed by atoms with van der Waals surface area (Å²) in [7, 11) is 1.67. The maximum Gasteiger partial charge on any atom is 0.360 e. The Morgan fingerprint density at radius 3 is 2.88 bits per heavy atom. The Morgan fingerprint density at radius 2 is 2.25 bits per heavy atom. The lowest BCUT2D eigenvalue weighted by Gasteiger charge is -2.05. The van der Waals surface area contributed by atoms with Gasteiger partial charge in [-0.3, -0.25) is 0 Å². The number of ether oxygens (including phenoxy) is 1. The molecule has 0 fully saturated rings. The molecule has 90 valence electrons. The number of aryl methyl sites for hydroxylation is 1. The van der Waals surface area contributed by atoms with Gasteiger partial charge < -0.3 is 10.1 Å². The van der Waals surface area contributed by atoms with E-state index in [1.807, 2.05) is 0 Å². The highest BCUT2D eigenvalue weighted by Crippen LogP contribution is 2.11. The summed E-state index contributed by atoms with van der Waals surface area (Å²) in [6.07, 6.45) is 2.11. The minimum atomic E-state index is -0.394. The number of carbonyl (C=O) groups excluding carboxylic acids is 1. The number of anilines is 1. The predicted octanol–water partition coefficient (Wildman–Crippen LogP) is 1.20. The number of esters is 1. The lowest BCUT2D eigenvalue weighted by atomic mass is 10.3. The number of nitrogens with one attached hydrogen (secondary N) is 1. The van der Waals surface area contributed by atoms with E-state index in [-0.39, 0.29) is 0 Å². The second-order valence-corrected chi connectivity index (χ2v) is 3.41. The topological polar surface area (TPSA) is 69.0 Å². The van der Waals surface area contributed by atoms with E-state index in [4.69, 9.17) is 4.74 Å². The molecule has 0 unspecified atom stereocenters. The van der Waals surface area contributed by atoms with Gasteiger partial charge in [0.1, 0.15) is 0 Å². The summed E-state index contributed by atoms with van der Waals surface area (Å²) in [5, 5.41) is 10.8. The van der Waals surface area contributed by atoms with E-state index in [9.17, 15) is 4.79 Å². The molecule has 0 radical (unpaired) electrons. The molecule has 0 bridgehead atoms. The van der Waals surface area contributed by atoms with E-state index in [1.165, 1.54) is 4.68 Å². The largest absolute Gasteiger partial charge is 0.461 e. The van der Waals surface area contributed by atoms with Crippen LogP contribution in [-0.2, 0) is 11.8 Å². The number of carbonyl (C=O) groups is 1. The summed E-state index contributed by atoms with van der Waals surface area (Å²) in [4.78, 5) is 11.6. The first-order valence-electron chi connectivity index (χ1n) is 5.51. The van der Waals surface area contributed by atoms with Crippen molar-refractivity contribution in [2.24, 2.45) is 7.05 Å². The number of aromatic nitrogens is 3. The van der Waals surface area contributed by atoms with Gasteiger partial charge in [-0.1, -0.05) is 18.6 Å². The van der Waals surface area contributed by atoms with Gasteiger partial charge in [-0.15, -0.1) is 5.10 Å². The average molecular weight is 226 g/mol. The molecule has 0 atom stereocenters. The second-order valence-electron chi connectivity index (χ2n) is 3.41. The van der Waals surface area contributed by atoms with E-state index < -0.39 is 5.97 Å². The molecule has 0 amide bonds. The maximum atomic E-state index is 11.6. The Balaban J connectivity index is 2.73. The molecular formula is C10H18N4O2. The molecule has 6 nitrogen and oxygen atoms in total. The predicted molar refractivity (Wildman–Crippen MR) is 60.4 cm³/mol. The van der Waals surface area contributed by atoms with Gasteiger partial charge in [0.05, 0.1) is 6.61 Å². The van der Waals surface area contributed by atoms with E-state index in [1.54, 1.807) is 14.0 Å². The molecule has 0 aliphatic rings. The molecule has 6 heteroatoms. The Hall–Kier alpha value is -1.59. The van der Waals surface area contributed by atoms with Crippen LogP contribution in [0.3, 0.4) is 0 Å². The zero-order chi connectivity index (χ0) is 12.0. The number of unbranched alkanes of at least 4 members (excludes halogenated alkanes) is 1. The fourth-order valence-electron chi connectivity index (χ4n) is 1.29. The van der Waals surface area contributed by atoms with Crippen molar-refractivity contribution in [2.45, 2.75) is 26.7 Å². The SMILES string of the molecule is CCCCNc1nnn(C)c1C(=O)OCC. The fraction of sp³-hybridized carbons (Fsp3) is 0.700. The van der Waals surface area contributed by atoms with Gasteiger partial charge in [0.2, 0.25) is 0 Å². The highest BCUT2D eigenvalue weighted by molar-refractivity contribution is 5.92. The highest BCUT2D eigenvalue weighted by atomic mass is 16.5. The molecule has 0 saturated carbocycles. The van der Waals surface area contributed by atoms with Crippen molar-refractivity contribution < 1.29 is 9.53 Å². The minimum Gasteiger partial charge on any atom is -0.461 e. The summed E-state index contributed by atoms with van der Waals surface area (Å²) in [5.74, 6) is 0.100. The molecule has 16 heavy (non-hydrogen) atoms. The first-order chi connectivity index (χ1) is 7.70. The van der Waals surface area contributed by atoms with Crippen LogP contribution >= 0.6 is 0 Å². The van der Waals surface area contributed by atoms with Gasteiger partial charge in [0.25, 0.3) is 0 Å². The van der Waals surface area contributed by atoms with Crippen LogP contribution in [-0.4, -0.2) is 34.1 Å². The standard InChI is InChI=1S/C10H18N4O2/c1-4-6-7-11-9-8(10(15)16-5-2)14(3)13-12-9/h11H,4-7H2,1-3H3. The molecule has 0 spiro atoms. The van der Waals surface area contributed by atoms with Crippen molar-refractivity contribution in [3.63, 3.8) is 0 Å². The van der Waals surface area contributed by atoms with Gasteiger partial charge in [-0.05, 0) is 13.3 Å². The number of nitrogens with zero attached hydrogens (tertiary/aromatic N) is 3. The van der Waals surface area contributed by atoms with Gasteiger partial charge in [-0.2, -0.15) is 0 Å². The molecule has 0 aliphatic heterocycles. The quantitative estimate of drug-likeness (QED) is 0.583. The van der Waals surface area contributed by atoms with Crippen molar-refractivity contribution in [2.75, 3.05) is 18.5 Å². The third kappa shape index (κ3) is 2.95. The Kier molecular flexibility index (Phi) is 4.75. The van der Waals surface area contributed by atoms with Crippen LogP contribution in [0.15, 0.2) is 0 Å². The summed E-state index contributed by atoms with van der Waals surface area (Å²) >= 11 is 0. The second kappa shape index (κ2) is 6.09. The molecular weight excluding hydrogens is 208 g/mol. The summed E-state index contributed by atoms with van der Waals surface area (Å²) < 4.78 is 6.36. The average Bonchev–Trinajstić information content (AvgIpc) is 2.61. The minimum absolute atomic E-state index is 0.346. The summed E-state index contributed by atoms with van der Waals surface area (Å²) in [6.45, 7) is 5.00. The Bertz CT molecular complexity index is 349. The fourth-order valence-corrected chi connectivity index (χ4v) is 1.29. The lowest BCUT2D eigenvalue weighted by molar-refractivity contribution is 0.0515. The zero-order valence-electron chi connectivity index (χ0n) is 9.99. The van der Waals surface area contributed by atoms with Crippen LogP contribution in [0.5, 0.6) is 0 Å². The van der Waals surface area contributed by atoms with Gasteiger partial charge in [0, 0.05) is 13.6 Å². The van der Waals surface area contributed by atoms with Crippen molar-refractivity contribution in [1.29, 1.82) is 0 Å². The van der Waals surface area contributed by atoms with Crippen molar-refractivity contribution >= 4 is 11.8 Å². The third-order valence-corrected chi connectivity index (χ3v) is 2.12. The number of rotatable bonds is 6. The highest BCUT2D eigenvalue weighted by Gasteiger charge is 2.19. The smallest absolute Gasteiger partial charge is 0.360 e. The van der Waals surface area contributed by atoms with Crippen molar-refractivity contribution in [3.05, 3.63) is 5.69 Å². The van der Waals surface area contributed by atoms with E-state index in [0.29, 0.717) is 18.1 Å². The Morgan fingerprint density at radius 1 is 1.50 bits per heavy atom. The molecule has 1 heterocycles. The molecule has 1 aromatic rings. The maximum absolute atomic E-state index is 11.6. The molecule has 0 aromatic carbocycles. The van der Waals surface area contributed by atoms with E-state index in [2.05, 4.69) is 22.6 Å². The first kappa shape index (κ1) is 12.5. The molecule has 1 rings (SSSR count). The Labute approximate surface area is 95.0 Å². The van der Waals surface area contributed by atoms with Crippen LogP contribution in [0, 0.1) is 0 Å².